The molecular weight excluding hydrogens is 324 g/mol. The van der Waals surface area contributed by atoms with E-state index in [0.717, 1.165) is 4.90 Å². The molecule has 0 aliphatic heterocycles. The molecule has 126 valence electrons. The first-order valence-electron chi connectivity index (χ1n) is 6.26. The van der Waals surface area contributed by atoms with Crippen molar-refractivity contribution < 1.29 is 30.7 Å². The van der Waals surface area contributed by atoms with Gasteiger partial charge in [-0.2, -0.15) is 16.8 Å². The van der Waals surface area contributed by atoms with Crippen molar-refractivity contribution in [2.75, 3.05) is 24.6 Å². The SMILES string of the molecule is CC(C)CCN(CCS(=O)(=O)O)C(=O)C(N)CS(=O)(=O)O. The molecule has 0 radical (unpaired) electrons. The highest BCUT2D eigenvalue weighted by Crippen LogP contribution is 2.05. The number of amides is 1. The lowest BCUT2D eigenvalue weighted by atomic mass is 10.1. The second-order valence-corrected chi connectivity index (χ2v) is 8.22. The van der Waals surface area contributed by atoms with Crippen LogP contribution in [0.3, 0.4) is 0 Å². The highest BCUT2D eigenvalue weighted by Gasteiger charge is 2.26. The zero-order valence-corrected chi connectivity index (χ0v) is 13.6. The minimum Gasteiger partial charge on any atom is -0.340 e. The number of nitrogens with zero attached hydrogens (tertiary/aromatic N) is 1. The zero-order valence-electron chi connectivity index (χ0n) is 12.0. The largest absolute Gasteiger partial charge is 0.340 e. The van der Waals surface area contributed by atoms with Gasteiger partial charge in [0.2, 0.25) is 5.91 Å². The van der Waals surface area contributed by atoms with E-state index in [2.05, 4.69) is 0 Å². The molecule has 0 aromatic heterocycles. The van der Waals surface area contributed by atoms with Gasteiger partial charge in [0, 0.05) is 13.1 Å². The number of carbonyl (C=O) groups excluding carboxylic acids is 1. The van der Waals surface area contributed by atoms with Crippen LogP contribution in [0.1, 0.15) is 20.3 Å². The van der Waals surface area contributed by atoms with Crippen LogP contribution in [0.2, 0.25) is 0 Å². The van der Waals surface area contributed by atoms with Gasteiger partial charge in [0.25, 0.3) is 20.2 Å². The Morgan fingerprint density at radius 1 is 1.10 bits per heavy atom. The highest BCUT2D eigenvalue weighted by molar-refractivity contribution is 7.86. The van der Waals surface area contributed by atoms with Crippen LogP contribution in [0.4, 0.5) is 0 Å². The van der Waals surface area contributed by atoms with Crippen molar-refractivity contribution >= 4 is 26.1 Å². The molecule has 21 heavy (non-hydrogen) atoms. The molecule has 0 aliphatic rings. The van der Waals surface area contributed by atoms with Crippen LogP contribution >= 0.6 is 0 Å². The van der Waals surface area contributed by atoms with Crippen molar-refractivity contribution in [1.82, 2.24) is 4.90 Å². The molecule has 1 amide bonds. The quantitative estimate of drug-likeness (QED) is 0.447. The van der Waals surface area contributed by atoms with Crippen LogP contribution in [-0.4, -0.2) is 67.4 Å². The second-order valence-electron chi connectivity index (χ2n) is 5.15. The molecule has 0 aromatic carbocycles. The zero-order chi connectivity index (χ0) is 16.8. The Balaban J connectivity index is 4.87. The third kappa shape index (κ3) is 10.6. The topological polar surface area (TPSA) is 155 Å². The number of nitrogens with two attached hydrogens (primary N) is 1. The average molecular weight is 346 g/mol. The Bertz CT molecular complexity index is 542. The van der Waals surface area contributed by atoms with E-state index < -0.39 is 43.7 Å². The van der Waals surface area contributed by atoms with Crippen LogP contribution in [0.25, 0.3) is 0 Å². The molecular formula is C10H22N2O7S2. The van der Waals surface area contributed by atoms with E-state index in [9.17, 15) is 21.6 Å². The summed E-state index contributed by atoms with van der Waals surface area (Å²) in [6.45, 7) is 3.65. The maximum Gasteiger partial charge on any atom is 0.266 e. The van der Waals surface area contributed by atoms with E-state index >= 15 is 0 Å². The number of hydrogen-bond donors (Lipinski definition) is 3. The lowest BCUT2D eigenvalue weighted by Gasteiger charge is -2.25. The normalized spacial score (nSPS) is 14.2. The Hall–Kier alpha value is -0.750. The Morgan fingerprint density at radius 3 is 2.00 bits per heavy atom. The number of rotatable bonds is 9. The first-order chi connectivity index (χ1) is 9.32. The van der Waals surface area contributed by atoms with E-state index in [-0.39, 0.29) is 19.0 Å². The molecule has 1 atom stereocenters. The first-order valence-corrected chi connectivity index (χ1v) is 9.48. The lowest BCUT2D eigenvalue weighted by molar-refractivity contribution is -0.132. The summed E-state index contributed by atoms with van der Waals surface area (Å²) in [5.41, 5.74) is 5.41. The summed E-state index contributed by atoms with van der Waals surface area (Å²) in [4.78, 5) is 13.1. The maximum atomic E-state index is 12.0. The van der Waals surface area contributed by atoms with Gasteiger partial charge in [-0.05, 0) is 12.3 Å². The van der Waals surface area contributed by atoms with E-state index in [4.69, 9.17) is 14.8 Å². The molecule has 1 unspecified atom stereocenters. The number of hydrogen-bond acceptors (Lipinski definition) is 6. The monoisotopic (exact) mass is 346 g/mol. The van der Waals surface area contributed by atoms with Crippen molar-refractivity contribution in [3.63, 3.8) is 0 Å². The number of carbonyl (C=O) groups is 1. The van der Waals surface area contributed by atoms with Gasteiger partial charge in [0.1, 0.15) is 6.04 Å². The van der Waals surface area contributed by atoms with Crippen LogP contribution in [-0.2, 0) is 25.0 Å². The fourth-order valence-electron chi connectivity index (χ4n) is 1.50. The van der Waals surface area contributed by atoms with Gasteiger partial charge in [0.05, 0.1) is 11.5 Å². The minimum absolute atomic E-state index is 0.172. The highest BCUT2D eigenvalue weighted by atomic mass is 32.2. The standard InChI is InChI=1S/C10H22N2O7S2/c1-8(2)3-4-12(5-6-20(14,15)16)10(13)9(11)7-21(17,18)19/h8-9H,3-7,11H2,1-2H3,(H,14,15,16)(H,17,18,19). The average Bonchev–Trinajstić information content (AvgIpc) is 2.24. The Labute approximate surface area is 125 Å². The maximum absolute atomic E-state index is 12.0. The van der Waals surface area contributed by atoms with Gasteiger partial charge in [0.15, 0.2) is 0 Å². The molecule has 0 saturated carbocycles. The van der Waals surface area contributed by atoms with Crippen LogP contribution in [0.5, 0.6) is 0 Å². The predicted octanol–water partition coefficient (Wildman–Crippen LogP) is -1.04. The molecule has 4 N–H and O–H groups in total. The van der Waals surface area contributed by atoms with Gasteiger partial charge >= 0.3 is 0 Å². The molecule has 0 fully saturated rings. The van der Waals surface area contributed by atoms with Gasteiger partial charge in [-0.15, -0.1) is 0 Å². The fourth-order valence-corrected chi connectivity index (χ4v) is 2.55. The predicted molar refractivity (Wildman–Crippen MR) is 76.8 cm³/mol. The second kappa shape index (κ2) is 8.03. The Morgan fingerprint density at radius 2 is 1.62 bits per heavy atom. The minimum atomic E-state index is -4.42. The molecule has 0 aliphatic carbocycles. The lowest BCUT2D eigenvalue weighted by Crippen LogP contribution is -2.49. The van der Waals surface area contributed by atoms with Gasteiger partial charge < -0.3 is 10.6 Å². The third-order valence-electron chi connectivity index (χ3n) is 2.61. The van der Waals surface area contributed by atoms with Crippen molar-refractivity contribution in [1.29, 1.82) is 0 Å². The summed E-state index contributed by atoms with van der Waals surface area (Å²) >= 11 is 0. The van der Waals surface area contributed by atoms with Gasteiger partial charge in [-0.3, -0.25) is 13.9 Å². The van der Waals surface area contributed by atoms with Crippen LogP contribution < -0.4 is 5.73 Å². The van der Waals surface area contributed by atoms with Crippen LogP contribution in [0.15, 0.2) is 0 Å². The molecule has 0 aromatic rings. The molecule has 0 heterocycles. The summed E-state index contributed by atoms with van der Waals surface area (Å²) in [7, 11) is -8.67. The van der Waals surface area contributed by atoms with Gasteiger partial charge in [-0.25, -0.2) is 0 Å². The molecule has 0 saturated heterocycles. The van der Waals surface area contributed by atoms with E-state index in [0.29, 0.717) is 6.42 Å². The van der Waals surface area contributed by atoms with E-state index in [1.165, 1.54) is 0 Å². The molecule has 0 bridgehead atoms. The van der Waals surface area contributed by atoms with Crippen molar-refractivity contribution in [3.8, 4) is 0 Å². The smallest absolute Gasteiger partial charge is 0.266 e. The molecule has 0 rings (SSSR count). The summed E-state index contributed by atoms with van der Waals surface area (Å²) in [5, 5.41) is 0. The van der Waals surface area contributed by atoms with Crippen molar-refractivity contribution in [2.24, 2.45) is 11.7 Å². The molecule has 9 nitrogen and oxygen atoms in total. The summed E-state index contributed by atoms with van der Waals surface area (Å²) in [5.74, 6) is -2.19. The molecule has 11 heteroatoms. The summed E-state index contributed by atoms with van der Waals surface area (Å²) in [6.07, 6.45) is 0.551. The van der Waals surface area contributed by atoms with Crippen molar-refractivity contribution in [3.05, 3.63) is 0 Å². The Kier molecular flexibility index (Phi) is 7.75. The van der Waals surface area contributed by atoms with Crippen molar-refractivity contribution in [2.45, 2.75) is 26.3 Å². The van der Waals surface area contributed by atoms with E-state index in [1.807, 2.05) is 13.8 Å². The summed E-state index contributed by atoms with van der Waals surface area (Å²) < 4.78 is 60.3. The van der Waals surface area contributed by atoms with Gasteiger partial charge in [-0.1, -0.05) is 13.8 Å². The fraction of sp³-hybridized carbons (Fsp3) is 0.900. The van der Waals surface area contributed by atoms with Crippen LogP contribution in [0, 0.1) is 5.92 Å². The summed E-state index contributed by atoms with van der Waals surface area (Å²) in [6, 6.07) is -1.49. The molecule has 0 spiro atoms. The first kappa shape index (κ1) is 20.2. The third-order valence-corrected chi connectivity index (χ3v) is 4.09. The van der Waals surface area contributed by atoms with E-state index in [1.54, 1.807) is 0 Å².